The quantitative estimate of drug-likeness (QED) is 0.528. The number of imide groups is 1. The minimum Gasteiger partial charge on any atom is -0.452 e. The lowest BCUT2D eigenvalue weighted by atomic mass is 9.94. The molecule has 0 radical (unpaired) electrons. The number of halogens is 1. The maximum absolute atomic E-state index is 12.9. The minimum absolute atomic E-state index is 0.0783. The summed E-state index contributed by atoms with van der Waals surface area (Å²) in [5, 5.41) is 11.6. The molecule has 4 rings (SSSR count). The van der Waals surface area contributed by atoms with Crippen molar-refractivity contribution in [3.8, 4) is 6.07 Å². The van der Waals surface area contributed by atoms with Crippen LogP contribution < -0.4 is 5.32 Å². The Balaban J connectivity index is 1.39. The van der Waals surface area contributed by atoms with Crippen molar-refractivity contribution >= 4 is 41.0 Å². The molecule has 0 spiro atoms. The van der Waals surface area contributed by atoms with Crippen molar-refractivity contribution in [2.24, 2.45) is 0 Å². The van der Waals surface area contributed by atoms with Gasteiger partial charge in [-0.1, -0.05) is 30.9 Å². The number of nitrogens with one attached hydrogen (secondary N) is 1. The monoisotopic (exact) mass is 465 g/mol. The molecule has 1 saturated carbocycles. The summed E-state index contributed by atoms with van der Waals surface area (Å²) >= 11 is 5.93. The molecule has 9 heteroatoms. The maximum atomic E-state index is 12.9. The summed E-state index contributed by atoms with van der Waals surface area (Å²) in [7, 11) is 0. The first-order chi connectivity index (χ1) is 15.9. The van der Waals surface area contributed by atoms with Gasteiger partial charge in [0.2, 0.25) is 0 Å². The zero-order valence-electron chi connectivity index (χ0n) is 17.6. The van der Waals surface area contributed by atoms with Crippen molar-refractivity contribution in [1.29, 1.82) is 5.26 Å². The molecule has 3 amide bonds. The molecule has 0 atom stereocenters. The summed E-state index contributed by atoms with van der Waals surface area (Å²) in [5.41, 5.74) is 1.15. The van der Waals surface area contributed by atoms with Crippen LogP contribution in [0.3, 0.4) is 0 Å². The van der Waals surface area contributed by atoms with Gasteiger partial charge in [-0.05, 0) is 49.2 Å². The van der Waals surface area contributed by atoms with Crippen LogP contribution in [-0.2, 0) is 9.53 Å². The van der Waals surface area contributed by atoms with Gasteiger partial charge in [-0.3, -0.25) is 19.3 Å². The third kappa shape index (κ3) is 4.59. The van der Waals surface area contributed by atoms with Crippen LogP contribution in [0.15, 0.2) is 36.4 Å². The summed E-state index contributed by atoms with van der Waals surface area (Å²) in [4.78, 5) is 51.5. The summed E-state index contributed by atoms with van der Waals surface area (Å²) in [5.74, 6) is -2.11. The van der Waals surface area contributed by atoms with E-state index in [1.165, 1.54) is 41.3 Å². The number of hydrogen-bond donors (Lipinski definition) is 1. The lowest BCUT2D eigenvalue weighted by Crippen LogP contribution is -2.40. The van der Waals surface area contributed by atoms with Crippen LogP contribution in [0.1, 0.15) is 68.7 Å². The van der Waals surface area contributed by atoms with Crippen molar-refractivity contribution in [2.45, 2.75) is 38.1 Å². The van der Waals surface area contributed by atoms with E-state index in [2.05, 4.69) is 5.32 Å². The van der Waals surface area contributed by atoms with Gasteiger partial charge in [0.15, 0.2) is 6.61 Å². The number of esters is 1. The summed E-state index contributed by atoms with van der Waals surface area (Å²) in [6, 6.07) is 10.4. The topological polar surface area (TPSA) is 117 Å². The fourth-order valence-electron chi connectivity index (χ4n) is 4.15. The third-order valence-electron chi connectivity index (χ3n) is 5.80. The summed E-state index contributed by atoms with van der Waals surface area (Å²) in [6.45, 7) is -0.561. The van der Waals surface area contributed by atoms with Gasteiger partial charge in [0.05, 0.1) is 27.3 Å². The van der Waals surface area contributed by atoms with Crippen LogP contribution in [0.2, 0.25) is 5.02 Å². The van der Waals surface area contributed by atoms with Gasteiger partial charge < -0.3 is 10.1 Å². The van der Waals surface area contributed by atoms with Crippen LogP contribution in [0.25, 0.3) is 0 Å². The van der Waals surface area contributed by atoms with Crippen LogP contribution in [0.5, 0.6) is 0 Å². The van der Waals surface area contributed by atoms with E-state index in [4.69, 9.17) is 21.6 Å². The molecule has 0 unspecified atom stereocenters. The van der Waals surface area contributed by atoms with Crippen LogP contribution in [-0.4, -0.2) is 41.2 Å². The fraction of sp³-hybridized carbons (Fsp3) is 0.292. The largest absolute Gasteiger partial charge is 0.452 e. The second-order valence-electron chi connectivity index (χ2n) is 7.96. The Hall–Kier alpha value is -3.70. The zero-order valence-corrected chi connectivity index (χ0v) is 18.4. The number of carbonyl (C=O) groups excluding carboxylic acids is 4. The fourth-order valence-corrected chi connectivity index (χ4v) is 4.38. The molecule has 1 N–H and O–H groups in total. The van der Waals surface area contributed by atoms with E-state index < -0.39 is 24.4 Å². The Labute approximate surface area is 195 Å². The molecule has 0 bridgehead atoms. The van der Waals surface area contributed by atoms with E-state index in [1.54, 1.807) is 0 Å². The van der Waals surface area contributed by atoms with Gasteiger partial charge in [0, 0.05) is 11.7 Å². The first-order valence-corrected chi connectivity index (χ1v) is 11.0. The van der Waals surface area contributed by atoms with Crippen molar-refractivity contribution in [1.82, 2.24) is 4.90 Å². The van der Waals surface area contributed by atoms with Gasteiger partial charge >= 0.3 is 5.97 Å². The Morgan fingerprint density at radius 1 is 1.06 bits per heavy atom. The normalized spacial score (nSPS) is 15.7. The molecule has 8 nitrogen and oxygen atoms in total. The zero-order chi connectivity index (χ0) is 23.5. The lowest BCUT2D eigenvalue weighted by Gasteiger charge is -2.29. The maximum Gasteiger partial charge on any atom is 0.338 e. The average Bonchev–Trinajstić information content (AvgIpc) is 3.07. The van der Waals surface area contributed by atoms with Crippen molar-refractivity contribution in [3.63, 3.8) is 0 Å². The molecule has 0 saturated heterocycles. The first kappa shape index (κ1) is 22.5. The highest BCUT2D eigenvalue weighted by molar-refractivity contribution is 6.32. The summed E-state index contributed by atoms with van der Waals surface area (Å²) < 4.78 is 5.06. The highest BCUT2D eigenvalue weighted by atomic mass is 35.5. The number of rotatable bonds is 5. The SMILES string of the molecule is N#Cc1ccc(NC(=O)COC(=O)c2ccc3c(c2)C(=O)N(C2CCCCC2)C3=O)cc1Cl. The third-order valence-corrected chi connectivity index (χ3v) is 6.11. The Kier molecular flexibility index (Phi) is 6.43. The average molecular weight is 466 g/mol. The Morgan fingerprint density at radius 2 is 1.79 bits per heavy atom. The van der Waals surface area contributed by atoms with Gasteiger partial charge in [0.25, 0.3) is 17.7 Å². The van der Waals surface area contributed by atoms with Gasteiger partial charge in [-0.2, -0.15) is 5.26 Å². The molecule has 0 aromatic heterocycles. The second kappa shape index (κ2) is 9.43. The highest BCUT2D eigenvalue weighted by Gasteiger charge is 2.40. The minimum atomic E-state index is -0.790. The number of benzene rings is 2. The number of ether oxygens (including phenoxy) is 1. The van der Waals surface area contributed by atoms with Gasteiger partial charge in [0.1, 0.15) is 6.07 Å². The number of amides is 3. The molecule has 2 aromatic rings. The van der Waals surface area contributed by atoms with Gasteiger partial charge in [-0.25, -0.2) is 4.79 Å². The number of carbonyl (C=O) groups is 4. The first-order valence-electron chi connectivity index (χ1n) is 10.6. The Bertz CT molecular complexity index is 1200. The van der Waals surface area contributed by atoms with E-state index in [0.29, 0.717) is 5.69 Å². The van der Waals surface area contributed by atoms with Crippen molar-refractivity contribution in [3.05, 3.63) is 63.7 Å². The molecule has 2 aliphatic rings. The van der Waals surface area contributed by atoms with Crippen LogP contribution >= 0.6 is 11.6 Å². The number of nitrogens with zero attached hydrogens (tertiary/aromatic N) is 2. The summed E-state index contributed by atoms with van der Waals surface area (Å²) in [6.07, 6.45) is 4.64. The van der Waals surface area contributed by atoms with Crippen molar-refractivity contribution < 1.29 is 23.9 Å². The van der Waals surface area contributed by atoms with E-state index in [-0.39, 0.29) is 39.2 Å². The van der Waals surface area contributed by atoms with Crippen molar-refractivity contribution in [2.75, 3.05) is 11.9 Å². The number of hydrogen-bond acceptors (Lipinski definition) is 6. The standard InChI is InChI=1S/C24H20ClN3O5/c25-20-11-16(8-6-15(20)12-26)27-21(29)13-33-24(32)14-7-9-18-19(10-14)23(31)28(22(18)30)17-4-2-1-3-5-17/h6-11,17H,1-5,13H2,(H,27,29). The molecule has 1 heterocycles. The molecule has 2 aromatic carbocycles. The van der Waals surface area contributed by atoms with E-state index in [1.807, 2.05) is 6.07 Å². The highest BCUT2D eigenvalue weighted by Crippen LogP contribution is 2.31. The van der Waals surface area contributed by atoms with E-state index in [0.717, 1.165) is 32.1 Å². The predicted molar refractivity (Wildman–Crippen MR) is 119 cm³/mol. The smallest absolute Gasteiger partial charge is 0.338 e. The predicted octanol–water partition coefficient (Wildman–Crippen LogP) is 3.94. The second-order valence-corrected chi connectivity index (χ2v) is 8.37. The number of nitriles is 1. The molecule has 168 valence electrons. The Morgan fingerprint density at radius 3 is 2.48 bits per heavy atom. The van der Waals surface area contributed by atoms with Crippen LogP contribution in [0.4, 0.5) is 5.69 Å². The lowest BCUT2D eigenvalue weighted by molar-refractivity contribution is -0.119. The molecule has 1 aliphatic heterocycles. The van der Waals surface area contributed by atoms with Crippen LogP contribution in [0, 0.1) is 11.3 Å². The van der Waals surface area contributed by atoms with E-state index >= 15 is 0 Å². The number of anilines is 1. The molecule has 33 heavy (non-hydrogen) atoms. The van der Waals surface area contributed by atoms with Gasteiger partial charge in [-0.15, -0.1) is 0 Å². The molecule has 1 aliphatic carbocycles. The van der Waals surface area contributed by atoms with E-state index in [9.17, 15) is 19.2 Å². The molecular weight excluding hydrogens is 446 g/mol. The number of fused-ring (bicyclic) bond motifs is 1. The molecule has 1 fully saturated rings. The molecular formula is C24H20ClN3O5.